The van der Waals surface area contributed by atoms with Crippen LogP contribution in [0.5, 0.6) is 0 Å². The van der Waals surface area contributed by atoms with Gasteiger partial charge in [-0.1, -0.05) is 6.07 Å². The average Bonchev–Trinajstić information content (AvgIpc) is 3.35. The SMILES string of the molecule is N#Cc1c(NC(=O)C=Cc2cccs2)sc2c1CCC(COC(=O)NCCO)C2. The van der Waals surface area contributed by atoms with Crippen molar-refractivity contribution in [2.75, 3.05) is 25.1 Å². The Balaban J connectivity index is 1.61. The molecule has 9 heteroatoms. The molecule has 1 aliphatic rings. The van der Waals surface area contributed by atoms with Crippen molar-refractivity contribution in [2.45, 2.75) is 19.3 Å². The van der Waals surface area contributed by atoms with Crippen molar-refractivity contribution in [1.82, 2.24) is 5.32 Å². The molecule has 2 aromatic rings. The number of hydrogen-bond donors (Lipinski definition) is 3. The molecule has 1 unspecified atom stereocenters. The number of nitrogens with zero attached hydrogens (tertiary/aromatic N) is 1. The molecule has 0 bridgehead atoms. The summed E-state index contributed by atoms with van der Waals surface area (Å²) in [6, 6.07) is 6.06. The van der Waals surface area contributed by atoms with Crippen LogP contribution < -0.4 is 10.6 Å². The third-order valence-corrected chi connectivity index (χ3v) is 6.50. The quantitative estimate of drug-likeness (QED) is 0.583. The third-order valence-electron chi connectivity index (χ3n) is 4.49. The minimum atomic E-state index is -0.542. The lowest BCUT2D eigenvalue weighted by Crippen LogP contribution is -2.29. The number of carbonyl (C=O) groups is 2. The lowest BCUT2D eigenvalue weighted by atomic mass is 9.88. The highest BCUT2D eigenvalue weighted by Gasteiger charge is 2.27. The Bertz CT molecular complexity index is 928. The van der Waals surface area contributed by atoms with E-state index in [0.717, 1.165) is 21.7 Å². The lowest BCUT2D eigenvalue weighted by molar-refractivity contribution is -0.111. The zero-order valence-electron chi connectivity index (χ0n) is 15.6. The Labute approximate surface area is 176 Å². The second-order valence-corrected chi connectivity index (χ2v) is 8.60. The molecule has 0 radical (unpaired) electrons. The maximum atomic E-state index is 12.2. The van der Waals surface area contributed by atoms with E-state index in [2.05, 4.69) is 16.7 Å². The van der Waals surface area contributed by atoms with Gasteiger partial charge >= 0.3 is 6.09 Å². The van der Waals surface area contributed by atoms with Gasteiger partial charge in [0.2, 0.25) is 5.91 Å². The second kappa shape index (κ2) is 10.2. The first-order valence-electron chi connectivity index (χ1n) is 9.19. The van der Waals surface area contributed by atoms with Crippen molar-refractivity contribution in [3.05, 3.63) is 44.5 Å². The predicted octanol–water partition coefficient (Wildman–Crippen LogP) is 3.16. The largest absolute Gasteiger partial charge is 0.449 e. The first-order valence-corrected chi connectivity index (χ1v) is 10.9. The molecule has 152 valence electrons. The number of anilines is 1. The van der Waals surface area contributed by atoms with Crippen LogP contribution in [0, 0.1) is 17.2 Å². The van der Waals surface area contributed by atoms with E-state index in [0.29, 0.717) is 23.4 Å². The van der Waals surface area contributed by atoms with E-state index < -0.39 is 6.09 Å². The molecular formula is C20H21N3O4S2. The maximum absolute atomic E-state index is 12.2. The number of ether oxygens (including phenoxy) is 1. The van der Waals surface area contributed by atoms with Gasteiger partial charge in [0.1, 0.15) is 11.1 Å². The lowest BCUT2D eigenvalue weighted by Gasteiger charge is -2.21. The van der Waals surface area contributed by atoms with Crippen molar-refractivity contribution in [2.24, 2.45) is 5.92 Å². The normalized spacial score (nSPS) is 15.5. The van der Waals surface area contributed by atoms with Crippen LogP contribution >= 0.6 is 22.7 Å². The van der Waals surface area contributed by atoms with Gasteiger partial charge in [0.25, 0.3) is 0 Å². The number of alkyl carbamates (subject to hydrolysis) is 1. The molecule has 29 heavy (non-hydrogen) atoms. The summed E-state index contributed by atoms with van der Waals surface area (Å²) >= 11 is 2.96. The highest BCUT2D eigenvalue weighted by atomic mass is 32.1. The van der Waals surface area contributed by atoms with E-state index in [1.807, 2.05) is 17.5 Å². The number of rotatable bonds is 7. The first-order chi connectivity index (χ1) is 14.1. The molecule has 0 spiro atoms. The van der Waals surface area contributed by atoms with E-state index >= 15 is 0 Å². The first kappa shape index (κ1) is 21.0. The van der Waals surface area contributed by atoms with Gasteiger partial charge < -0.3 is 20.5 Å². The van der Waals surface area contributed by atoms with Gasteiger partial charge in [-0.2, -0.15) is 5.26 Å². The van der Waals surface area contributed by atoms with Gasteiger partial charge in [0.05, 0.1) is 18.8 Å². The summed E-state index contributed by atoms with van der Waals surface area (Å²) in [5.74, 6) is -0.108. The molecule has 0 aliphatic heterocycles. The number of hydrogen-bond acceptors (Lipinski definition) is 7. The molecule has 0 fully saturated rings. The molecule has 1 atom stereocenters. The summed E-state index contributed by atoms with van der Waals surface area (Å²) in [6.07, 6.45) is 4.88. The summed E-state index contributed by atoms with van der Waals surface area (Å²) in [5, 5.41) is 26.1. The van der Waals surface area contributed by atoms with Gasteiger partial charge in [-0.15, -0.1) is 22.7 Å². The summed E-state index contributed by atoms with van der Waals surface area (Å²) in [7, 11) is 0. The summed E-state index contributed by atoms with van der Waals surface area (Å²) < 4.78 is 5.19. The Morgan fingerprint density at radius 3 is 3.03 bits per heavy atom. The molecule has 2 heterocycles. The van der Waals surface area contributed by atoms with Crippen LogP contribution in [0.15, 0.2) is 23.6 Å². The van der Waals surface area contributed by atoms with Crippen molar-refractivity contribution < 1.29 is 19.4 Å². The van der Waals surface area contributed by atoms with Crippen LogP contribution in [0.2, 0.25) is 0 Å². The summed E-state index contributed by atoms with van der Waals surface area (Å²) in [6.45, 7) is 0.306. The molecule has 2 aromatic heterocycles. The number of aliphatic hydroxyl groups is 1. The standard InChI is InChI=1S/C20H21N3O4S2/c21-11-16-15-5-3-13(12-27-20(26)22-7-8-24)10-17(15)29-19(16)23-18(25)6-4-14-2-1-9-28-14/h1-2,4,6,9,13,24H,3,5,7-8,10,12H2,(H,22,26)(H,23,25). The molecular weight excluding hydrogens is 410 g/mol. The second-order valence-electron chi connectivity index (χ2n) is 6.52. The minimum Gasteiger partial charge on any atom is -0.449 e. The molecule has 0 aromatic carbocycles. The van der Waals surface area contributed by atoms with Gasteiger partial charge in [0, 0.05) is 22.4 Å². The van der Waals surface area contributed by atoms with Crippen LogP contribution in [-0.2, 0) is 22.4 Å². The van der Waals surface area contributed by atoms with Crippen LogP contribution in [-0.4, -0.2) is 36.9 Å². The van der Waals surface area contributed by atoms with E-state index in [4.69, 9.17) is 9.84 Å². The summed E-state index contributed by atoms with van der Waals surface area (Å²) in [5.41, 5.74) is 1.51. The minimum absolute atomic E-state index is 0.134. The summed E-state index contributed by atoms with van der Waals surface area (Å²) in [4.78, 5) is 25.8. The van der Waals surface area contributed by atoms with Gasteiger partial charge in [-0.05, 0) is 48.3 Å². The molecule has 2 amide bonds. The Kier molecular flexibility index (Phi) is 7.41. The van der Waals surface area contributed by atoms with E-state index in [-0.39, 0.29) is 31.6 Å². The fraction of sp³-hybridized carbons (Fsp3) is 0.350. The molecule has 3 N–H and O–H groups in total. The Morgan fingerprint density at radius 1 is 1.45 bits per heavy atom. The number of nitrogens with one attached hydrogen (secondary N) is 2. The van der Waals surface area contributed by atoms with Gasteiger partial charge in [-0.3, -0.25) is 4.79 Å². The molecule has 7 nitrogen and oxygen atoms in total. The van der Waals surface area contributed by atoms with E-state index in [9.17, 15) is 14.9 Å². The molecule has 1 aliphatic carbocycles. The van der Waals surface area contributed by atoms with Gasteiger partial charge in [0.15, 0.2) is 0 Å². The van der Waals surface area contributed by atoms with Gasteiger partial charge in [-0.25, -0.2) is 4.79 Å². The predicted molar refractivity (Wildman–Crippen MR) is 113 cm³/mol. The van der Waals surface area contributed by atoms with Crippen molar-refractivity contribution in [3.8, 4) is 6.07 Å². The van der Waals surface area contributed by atoms with Crippen molar-refractivity contribution >= 4 is 45.8 Å². The Hall–Kier alpha value is -2.67. The Morgan fingerprint density at radius 2 is 2.31 bits per heavy atom. The number of fused-ring (bicyclic) bond motifs is 1. The van der Waals surface area contributed by atoms with E-state index in [1.165, 1.54) is 17.4 Å². The average molecular weight is 432 g/mol. The van der Waals surface area contributed by atoms with Crippen LogP contribution in [0.4, 0.5) is 9.80 Å². The zero-order valence-corrected chi connectivity index (χ0v) is 17.3. The number of amides is 2. The third kappa shape index (κ3) is 5.67. The number of carbonyl (C=O) groups excluding carboxylic acids is 2. The fourth-order valence-electron chi connectivity index (χ4n) is 3.10. The monoisotopic (exact) mass is 431 g/mol. The number of nitriles is 1. The fourth-order valence-corrected chi connectivity index (χ4v) is 5.04. The molecule has 0 saturated heterocycles. The van der Waals surface area contributed by atoms with Crippen molar-refractivity contribution in [1.29, 1.82) is 5.26 Å². The molecule has 0 saturated carbocycles. The highest BCUT2D eigenvalue weighted by molar-refractivity contribution is 7.16. The highest BCUT2D eigenvalue weighted by Crippen LogP contribution is 2.39. The van der Waals surface area contributed by atoms with Crippen LogP contribution in [0.25, 0.3) is 6.08 Å². The number of thiophene rings is 2. The van der Waals surface area contributed by atoms with Crippen LogP contribution in [0.3, 0.4) is 0 Å². The zero-order chi connectivity index (χ0) is 20.6. The smallest absolute Gasteiger partial charge is 0.407 e. The molecule has 3 rings (SSSR count). The van der Waals surface area contributed by atoms with E-state index in [1.54, 1.807) is 17.4 Å². The maximum Gasteiger partial charge on any atom is 0.407 e. The number of aliphatic hydroxyl groups excluding tert-OH is 1. The van der Waals surface area contributed by atoms with Crippen LogP contribution in [0.1, 0.15) is 27.3 Å². The topological polar surface area (TPSA) is 111 Å². The van der Waals surface area contributed by atoms with Crippen molar-refractivity contribution in [3.63, 3.8) is 0 Å².